The average Bonchev–Trinajstić information content (AvgIpc) is 2.85. The van der Waals surface area contributed by atoms with Gasteiger partial charge < -0.3 is 15.8 Å². The van der Waals surface area contributed by atoms with Crippen molar-refractivity contribution >= 4 is 29.9 Å². The van der Waals surface area contributed by atoms with Gasteiger partial charge in [0, 0.05) is 11.7 Å². The second-order valence-electron chi connectivity index (χ2n) is 9.21. The van der Waals surface area contributed by atoms with E-state index < -0.39 is 0 Å². The Hall–Kier alpha value is -3.44. The Morgan fingerprint density at radius 2 is 2.09 bits per heavy atom. The topological polar surface area (TPSA) is 77.2 Å². The van der Waals surface area contributed by atoms with Gasteiger partial charge in [-0.05, 0) is 98.0 Å². The predicted octanol–water partition coefficient (Wildman–Crippen LogP) is 4.21. The monoisotopic (exact) mass is 471 g/mol. The Balaban J connectivity index is 1.89. The van der Waals surface area contributed by atoms with Crippen LogP contribution in [0, 0.1) is 12.8 Å². The van der Waals surface area contributed by atoms with Crippen LogP contribution in [0.1, 0.15) is 56.5 Å². The molecular weight excluding hydrogens is 434 g/mol. The van der Waals surface area contributed by atoms with Crippen LogP contribution in [0.2, 0.25) is 0 Å². The zero-order valence-electron chi connectivity index (χ0n) is 21.1. The third kappa shape index (κ3) is 7.03. The number of carbonyl (C=O) groups excluding carboxylic acids is 1. The summed E-state index contributed by atoms with van der Waals surface area (Å²) in [6, 6.07) is 12.2. The molecule has 3 N–H and O–H groups in total. The molecule has 5 nitrogen and oxygen atoms in total. The van der Waals surface area contributed by atoms with Crippen molar-refractivity contribution in [2.45, 2.75) is 52.5 Å². The van der Waals surface area contributed by atoms with Crippen LogP contribution in [-0.4, -0.2) is 23.6 Å². The summed E-state index contributed by atoms with van der Waals surface area (Å²) in [7, 11) is 0. The summed E-state index contributed by atoms with van der Waals surface area (Å²) < 4.78 is 5.66. The minimum Gasteiger partial charge on any atom is -0.462 e. The summed E-state index contributed by atoms with van der Waals surface area (Å²) in [5, 5.41) is 4.94. The summed E-state index contributed by atoms with van der Waals surface area (Å²) in [6.07, 6.45) is 9.40. The van der Waals surface area contributed by atoms with Crippen molar-refractivity contribution in [1.29, 1.82) is 0 Å². The highest BCUT2D eigenvalue weighted by atomic mass is 16.5. The SMILES string of the molecule is C=CN/C(=C(\C)c1ccc(=C)/c(=C\C(=C/C)C(=O)OC[C@@H]2CCC[C@H](N)C2)c1)c1cccc(C)n1. The standard InChI is InChI=1S/C30H37N3O2/c1-6-24(30(34)35-19-23-11-9-12-27(31)16-23)17-26-18-25(15-14-20(26)3)22(5)29(32-7-2)28-13-8-10-21(4)33-28/h6-8,10,13-15,17-18,23,27,32H,2-3,9,11-12,16,19,31H2,1,4-5H3/b24-6+,26-17-,29-22+/t23-,27+/m1/s1. The molecule has 35 heavy (non-hydrogen) atoms. The van der Waals surface area contributed by atoms with E-state index in [2.05, 4.69) is 23.5 Å². The molecule has 0 saturated heterocycles. The van der Waals surface area contributed by atoms with Crippen molar-refractivity contribution in [1.82, 2.24) is 10.3 Å². The first-order valence-corrected chi connectivity index (χ1v) is 12.2. The summed E-state index contributed by atoms with van der Waals surface area (Å²) in [5.41, 5.74) is 11.3. The van der Waals surface area contributed by atoms with Gasteiger partial charge in [0.1, 0.15) is 0 Å². The second-order valence-corrected chi connectivity index (χ2v) is 9.21. The maximum atomic E-state index is 12.8. The van der Waals surface area contributed by atoms with Crippen molar-refractivity contribution in [3.8, 4) is 0 Å². The highest BCUT2D eigenvalue weighted by Gasteiger charge is 2.21. The fourth-order valence-corrected chi connectivity index (χ4v) is 4.45. The van der Waals surface area contributed by atoms with Crippen LogP contribution >= 0.6 is 0 Å². The van der Waals surface area contributed by atoms with Crippen LogP contribution in [0.3, 0.4) is 0 Å². The maximum Gasteiger partial charge on any atom is 0.337 e. The number of esters is 1. The molecule has 5 heteroatoms. The van der Waals surface area contributed by atoms with Crippen LogP contribution in [0.5, 0.6) is 0 Å². The molecule has 0 bridgehead atoms. The number of pyridine rings is 1. The summed E-state index contributed by atoms with van der Waals surface area (Å²) >= 11 is 0. The minimum atomic E-state index is -0.318. The number of hydrogen-bond donors (Lipinski definition) is 2. The van der Waals surface area contributed by atoms with Gasteiger partial charge in [-0.2, -0.15) is 0 Å². The fraction of sp³-hybridized carbons (Fsp3) is 0.333. The Labute approximate surface area is 208 Å². The number of carbonyl (C=O) groups is 1. The van der Waals surface area contributed by atoms with Gasteiger partial charge >= 0.3 is 5.97 Å². The molecule has 1 heterocycles. The lowest BCUT2D eigenvalue weighted by molar-refractivity contribution is -0.140. The van der Waals surface area contributed by atoms with Gasteiger partial charge in [0.2, 0.25) is 0 Å². The Morgan fingerprint density at radius 1 is 1.29 bits per heavy atom. The molecule has 1 aliphatic rings. The average molecular weight is 472 g/mol. The molecule has 1 aromatic heterocycles. The molecule has 3 rings (SSSR count). The number of aryl methyl sites for hydroxylation is 1. The van der Waals surface area contributed by atoms with E-state index in [4.69, 9.17) is 10.5 Å². The van der Waals surface area contributed by atoms with E-state index in [0.29, 0.717) is 18.1 Å². The van der Waals surface area contributed by atoms with Crippen LogP contribution in [-0.2, 0) is 9.53 Å². The molecule has 1 saturated carbocycles. The molecule has 0 aliphatic heterocycles. The zero-order chi connectivity index (χ0) is 25.4. The van der Waals surface area contributed by atoms with Crippen molar-refractivity contribution in [2.75, 3.05) is 6.61 Å². The van der Waals surface area contributed by atoms with Gasteiger partial charge in [-0.1, -0.05) is 43.9 Å². The van der Waals surface area contributed by atoms with Crippen molar-refractivity contribution in [3.05, 3.63) is 88.2 Å². The van der Waals surface area contributed by atoms with E-state index in [1.165, 1.54) is 0 Å². The van der Waals surface area contributed by atoms with Crippen LogP contribution in [0.15, 0.2) is 60.8 Å². The molecule has 0 spiro atoms. The van der Waals surface area contributed by atoms with Gasteiger partial charge in [-0.3, -0.25) is 4.98 Å². The number of nitrogens with two attached hydrogens (primary N) is 1. The molecule has 2 aromatic rings. The van der Waals surface area contributed by atoms with E-state index in [-0.39, 0.29) is 12.0 Å². The van der Waals surface area contributed by atoms with Crippen molar-refractivity contribution in [3.63, 3.8) is 0 Å². The molecule has 0 radical (unpaired) electrons. The lowest BCUT2D eigenvalue weighted by Crippen LogP contribution is -2.30. The molecule has 184 valence electrons. The lowest BCUT2D eigenvalue weighted by atomic mass is 9.87. The Bertz CT molecular complexity index is 1240. The van der Waals surface area contributed by atoms with E-state index in [9.17, 15) is 4.79 Å². The molecule has 1 aliphatic carbocycles. The summed E-state index contributed by atoms with van der Waals surface area (Å²) in [5.74, 6) is 0.0213. The van der Waals surface area contributed by atoms with Gasteiger partial charge in [0.05, 0.1) is 23.6 Å². The zero-order valence-corrected chi connectivity index (χ0v) is 21.1. The van der Waals surface area contributed by atoms with Gasteiger partial charge in [0.25, 0.3) is 0 Å². The van der Waals surface area contributed by atoms with Gasteiger partial charge in [-0.25, -0.2) is 4.79 Å². The van der Waals surface area contributed by atoms with Crippen LogP contribution < -0.4 is 21.5 Å². The number of nitrogens with one attached hydrogen (secondary N) is 1. The predicted molar refractivity (Wildman–Crippen MR) is 145 cm³/mol. The summed E-state index contributed by atoms with van der Waals surface area (Å²) in [6.45, 7) is 14.3. The fourth-order valence-electron chi connectivity index (χ4n) is 4.45. The molecule has 1 aromatic carbocycles. The number of nitrogens with zero attached hydrogens (tertiary/aromatic N) is 1. The minimum absolute atomic E-state index is 0.212. The van der Waals surface area contributed by atoms with Crippen molar-refractivity contribution < 1.29 is 9.53 Å². The van der Waals surface area contributed by atoms with Gasteiger partial charge in [-0.15, -0.1) is 0 Å². The largest absolute Gasteiger partial charge is 0.462 e. The van der Waals surface area contributed by atoms with Gasteiger partial charge in [0.15, 0.2) is 0 Å². The molecule has 0 unspecified atom stereocenters. The first-order valence-electron chi connectivity index (χ1n) is 12.2. The van der Waals surface area contributed by atoms with Crippen LogP contribution in [0.25, 0.3) is 23.9 Å². The third-order valence-electron chi connectivity index (χ3n) is 6.48. The summed E-state index contributed by atoms with van der Waals surface area (Å²) in [4.78, 5) is 17.5. The second kappa shape index (κ2) is 12.3. The van der Waals surface area contributed by atoms with Crippen LogP contribution in [0.4, 0.5) is 0 Å². The lowest BCUT2D eigenvalue weighted by Gasteiger charge is -2.26. The van der Waals surface area contributed by atoms with Crippen molar-refractivity contribution in [2.24, 2.45) is 11.7 Å². The Kier molecular flexibility index (Phi) is 9.21. The molecule has 2 atom stereocenters. The van der Waals surface area contributed by atoms with E-state index in [0.717, 1.165) is 64.3 Å². The first kappa shape index (κ1) is 26.2. The molecule has 1 fully saturated rings. The van der Waals surface area contributed by atoms with E-state index >= 15 is 0 Å². The van der Waals surface area contributed by atoms with E-state index in [1.807, 2.05) is 63.2 Å². The number of hydrogen-bond acceptors (Lipinski definition) is 5. The highest BCUT2D eigenvalue weighted by molar-refractivity contribution is 5.97. The number of benzene rings is 1. The molecule has 0 amide bonds. The first-order chi connectivity index (χ1) is 16.8. The maximum absolute atomic E-state index is 12.8. The number of aromatic nitrogens is 1. The number of ether oxygens (including phenoxy) is 1. The van der Waals surface area contributed by atoms with E-state index in [1.54, 1.807) is 12.3 Å². The number of allylic oxidation sites excluding steroid dienone is 2. The highest BCUT2D eigenvalue weighted by Crippen LogP contribution is 2.24. The normalized spacial score (nSPS) is 19.7. The Morgan fingerprint density at radius 3 is 2.77 bits per heavy atom. The molecular formula is C30H37N3O2. The third-order valence-corrected chi connectivity index (χ3v) is 6.48. The number of rotatable bonds is 8. The quantitative estimate of drug-likeness (QED) is 0.446. The smallest absolute Gasteiger partial charge is 0.337 e.